The van der Waals surface area contributed by atoms with E-state index < -0.39 is 26.5 Å². The summed E-state index contributed by atoms with van der Waals surface area (Å²) < 4.78 is 34.4. The number of esters is 2. The second-order valence-electron chi connectivity index (χ2n) is 18.2. The van der Waals surface area contributed by atoms with E-state index >= 15 is 0 Å². The molecular weight excluding hydrogens is 762 g/mol. The van der Waals surface area contributed by atoms with Crippen molar-refractivity contribution in [2.45, 2.75) is 245 Å². The van der Waals surface area contributed by atoms with Crippen molar-refractivity contribution < 1.29 is 42.1 Å². The van der Waals surface area contributed by atoms with E-state index in [0.29, 0.717) is 17.4 Å². The van der Waals surface area contributed by atoms with Gasteiger partial charge < -0.3 is 18.9 Å². The summed E-state index contributed by atoms with van der Waals surface area (Å²) in [6.07, 6.45) is 45.5. The molecule has 59 heavy (non-hydrogen) atoms. The molecule has 0 rings (SSSR count). The van der Waals surface area contributed by atoms with Crippen molar-refractivity contribution in [2.24, 2.45) is 0 Å². The molecule has 0 fully saturated rings. The normalized spacial score (nSPS) is 13.5. The third-order valence-electron chi connectivity index (χ3n) is 11.0. The van der Waals surface area contributed by atoms with Crippen molar-refractivity contribution >= 4 is 19.8 Å². The van der Waals surface area contributed by atoms with Crippen molar-refractivity contribution in [1.29, 1.82) is 0 Å². The standard InChI is InChI=1S/C49H96NO8P/c1-6-8-10-12-14-16-18-20-22-23-24-25-26-28-30-32-34-36-38-40-42-49(52)58-47(46-57-59(53,54)56-44-43-50(3,4)5)45-55-48(51)41-39-37-35-33-31-29-27-21-19-17-15-13-11-9-7-2/h29,31,47H,6-28,30,32-46H2,1-5H3/p+1/b31-29+/t47-/m1/s1. The molecule has 1 N–H and O–H groups in total. The molecule has 0 aromatic rings. The highest BCUT2D eigenvalue weighted by Gasteiger charge is 2.27. The van der Waals surface area contributed by atoms with Gasteiger partial charge in [-0.2, -0.15) is 0 Å². The van der Waals surface area contributed by atoms with E-state index in [4.69, 9.17) is 18.5 Å². The quantitative estimate of drug-likeness (QED) is 0.0212. The van der Waals surface area contributed by atoms with Crippen LogP contribution in [0.25, 0.3) is 0 Å². The molecule has 1 unspecified atom stereocenters. The Balaban J connectivity index is 4.25. The minimum absolute atomic E-state index is 0.0329. The third kappa shape index (κ3) is 46.1. The summed E-state index contributed by atoms with van der Waals surface area (Å²) in [5.41, 5.74) is 0. The summed E-state index contributed by atoms with van der Waals surface area (Å²) in [6.45, 7) is 4.45. The van der Waals surface area contributed by atoms with Gasteiger partial charge in [0.2, 0.25) is 0 Å². The summed E-state index contributed by atoms with van der Waals surface area (Å²) in [4.78, 5) is 35.5. The molecule has 9 nitrogen and oxygen atoms in total. The molecule has 0 aromatic heterocycles. The lowest BCUT2D eigenvalue weighted by molar-refractivity contribution is -0.870. The highest BCUT2D eigenvalue weighted by Crippen LogP contribution is 2.43. The van der Waals surface area contributed by atoms with Crippen molar-refractivity contribution in [2.75, 3.05) is 47.5 Å². The fraction of sp³-hybridized carbons (Fsp3) is 0.918. The van der Waals surface area contributed by atoms with Crippen LogP contribution in [-0.2, 0) is 32.7 Å². The van der Waals surface area contributed by atoms with Crippen LogP contribution in [0.4, 0.5) is 0 Å². The van der Waals surface area contributed by atoms with Gasteiger partial charge in [-0.25, -0.2) is 4.57 Å². The van der Waals surface area contributed by atoms with E-state index in [-0.39, 0.29) is 32.0 Å². The molecule has 0 aromatic carbocycles. The van der Waals surface area contributed by atoms with Crippen LogP contribution >= 0.6 is 7.82 Å². The van der Waals surface area contributed by atoms with Crippen LogP contribution in [0.3, 0.4) is 0 Å². The number of ether oxygens (including phenoxy) is 2. The van der Waals surface area contributed by atoms with Crippen molar-refractivity contribution in [3.63, 3.8) is 0 Å². The number of carbonyl (C=O) groups is 2. The third-order valence-corrected chi connectivity index (χ3v) is 12.0. The van der Waals surface area contributed by atoms with Gasteiger partial charge in [0, 0.05) is 12.8 Å². The van der Waals surface area contributed by atoms with Crippen molar-refractivity contribution in [3.8, 4) is 0 Å². The molecule has 0 saturated carbocycles. The van der Waals surface area contributed by atoms with Gasteiger partial charge in [0.15, 0.2) is 6.10 Å². The second-order valence-corrected chi connectivity index (χ2v) is 19.7. The summed E-state index contributed by atoms with van der Waals surface area (Å²) >= 11 is 0. The molecule has 0 heterocycles. The number of carbonyl (C=O) groups excluding carboxylic acids is 2. The number of phosphoric ester groups is 1. The van der Waals surface area contributed by atoms with Crippen LogP contribution in [0, 0.1) is 0 Å². The minimum Gasteiger partial charge on any atom is -0.462 e. The summed E-state index contributed by atoms with van der Waals surface area (Å²) in [7, 11) is 1.48. The summed E-state index contributed by atoms with van der Waals surface area (Å²) in [5, 5.41) is 0. The Bertz CT molecular complexity index is 1020. The van der Waals surface area contributed by atoms with Crippen molar-refractivity contribution in [1.82, 2.24) is 0 Å². The number of unbranched alkanes of at least 4 members (excludes halogenated alkanes) is 30. The molecule has 0 bridgehead atoms. The number of hydrogen-bond donors (Lipinski definition) is 1. The predicted octanol–water partition coefficient (Wildman–Crippen LogP) is 14.5. The van der Waals surface area contributed by atoms with E-state index in [0.717, 1.165) is 44.9 Å². The van der Waals surface area contributed by atoms with Crippen LogP contribution in [0.15, 0.2) is 12.2 Å². The average molecular weight is 859 g/mol. The van der Waals surface area contributed by atoms with Gasteiger partial charge in [0.25, 0.3) is 0 Å². The van der Waals surface area contributed by atoms with Gasteiger partial charge in [-0.15, -0.1) is 0 Å². The fourth-order valence-electron chi connectivity index (χ4n) is 7.13. The first-order valence-corrected chi connectivity index (χ1v) is 26.4. The topological polar surface area (TPSA) is 108 Å². The van der Waals surface area contributed by atoms with Gasteiger partial charge in [0.05, 0.1) is 27.7 Å². The van der Waals surface area contributed by atoms with Crippen LogP contribution in [0.1, 0.15) is 239 Å². The molecule has 2 atom stereocenters. The maximum absolute atomic E-state index is 12.7. The average Bonchev–Trinajstić information content (AvgIpc) is 3.19. The Kier molecular flexibility index (Phi) is 41.2. The van der Waals surface area contributed by atoms with Gasteiger partial charge in [-0.3, -0.25) is 18.6 Å². The number of hydrogen-bond acceptors (Lipinski definition) is 7. The van der Waals surface area contributed by atoms with Gasteiger partial charge in [-0.1, -0.05) is 199 Å². The predicted molar refractivity (Wildman–Crippen MR) is 248 cm³/mol. The molecule has 0 aliphatic heterocycles. The molecular formula is C49H97NO8P+. The molecule has 0 spiro atoms. The van der Waals surface area contributed by atoms with Crippen LogP contribution in [0.2, 0.25) is 0 Å². The summed E-state index contributed by atoms with van der Waals surface area (Å²) in [6, 6.07) is 0. The van der Waals surface area contributed by atoms with Crippen LogP contribution in [-0.4, -0.2) is 74.9 Å². The Morgan fingerprint density at radius 2 is 0.864 bits per heavy atom. The van der Waals surface area contributed by atoms with E-state index in [9.17, 15) is 19.0 Å². The zero-order valence-electron chi connectivity index (χ0n) is 39.5. The van der Waals surface area contributed by atoms with Gasteiger partial charge in [-0.05, 0) is 38.5 Å². The highest BCUT2D eigenvalue weighted by atomic mass is 31.2. The zero-order chi connectivity index (χ0) is 43.6. The first kappa shape index (κ1) is 57.8. The summed E-state index contributed by atoms with van der Waals surface area (Å²) in [5.74, 6) is -0.803. The van der Waals surface area contributed by atoms with E-state index in [2.05, 4.69) is 26.0 Å². The maximum Gasteiger partial charge on any atom is 0.472 e. The fourth-order valence-corrected chi connectivity index (χ4v) is 7.87. The largest absolute Gasteiger partial charge is 0.472 e. The Labute approximate surface area is 365 Å². The Hall–Kier alpha value is -1.25. The lowest BCUT2D eigenvalue weighted by Crippen LogP contribution is -2.37. The SMILES string of the molecule is CCCCCCCCCC/C=C/CCCCCC(=O)OC[C@H](COP(=O)(O)OCC[N+](C)(C)C)OC(=O)CCCCCCCCCCCCCCCCCCCCCC. The zero-order valence-corrected chi connectivity index (χ0v) is 40.4. The van der Waals surface area contributed by atoms with E-state index in [1.165, 1.54) is 161 Å². The molecule has 0 aliphatic carbocycles. The number of rotatable bonds is 46. The number of likely N-dealkylation sites (N-methyl/N-ethyl adjacent to an activating group) is 1. The van der Waals surface area contributed by atoms with Crippen molar-refractivity contribution in [3.05, 3.63) is 12.2 Å². The maximum atomic E-state index is 12.7. The Morgan fingerprint density at radius 1 is 0.508 bits per heavy atom. The minimum atomic E-state index is -4.38. The van der Waals surface area contributed by atoms with Gasteiger partial charge >= 0.3 is 19.8 Å². The number of quaternary nitrogens is 1. The Morgan fingerprint density at radius 3 is 1.27 bits per heavy atom. The van der Waals surface area contributed by atoms with Crippen LogP contribution < -0.4 is 0 Å². The lowest BCUT2D eigenvalue weighted by Gasteiger charge is -2.24. The first-order valence-electron chi connectivity index (χ1n) is 24.9. The lowest BCUT2D eigenvalue weighted by atomic mass is 10.0. The highest BCUT2D eigenvalue weighted by molar-refractivity contribution is 7.47. The molecule has 0 amide bonds. The number of nitrogens with zero attached hydrogens (tertiary/aromatic N) is 1. The smallest absolute Gasteiger partial charge is 0.462 e. The molecule has 350 valence electrons. The van der Waals surface area contributed by atoms with E-state index in [1.54, 1.807) is 0 Å². The molecule has 0 saturated heterocycles. The molecule has 0 radical (unpaired) electrons. The monoisotopic (exact) mass is 859 g/mol. The first-order chi connectivity index (χ1) is 28.5. The molecule has 10 heteroatoms. The van der Waals surface area contributed by atoms with Gasteiger partial charge in [0.1, 0.15) is 19.8 Å². The number of allylic oxidation sites excluding steroid dienone is 2. The second kappa shape index (κ2) is 42.1. The van der Waals surface area contributed by atoms with E-state index in [1.807, 2.05) is 21.1 Å². The van der Waals surface area contributed by atoms with Crippen LogP contribution in [0.5, 0.6) is 0 Å². The number of phosphoric acid groups is 1. The molecule has 0 aliphatic rings.